The molecule has 1 saturated carbocycles. The van der Waals surface area contributed by atoms with Crippen LogP contribution in [0.4, 0.5) is 0 Å². The summed E-state index contributed by atoms with van der Waals surface area (Å²) in [7, 11) is 1.93. The summed E-state index contributed by atoms with van der Waals surface area (Å²) in [4.78, 5) is 17.5. The van der Waals surface area contributed by atoms with E-state index in [1.807, 2.05) is 34.8 Å². The maximum atomic E-state index is 12.9. The van der Waals surface area contributed by atoms with Gasteiger partial charge in [0, 0.05) is 51.4 Å². The van der Waals surface area contributed by atoms with Gasteiger partial charge in [-0.1, -0.05) is 12.8 Å². The number of fused-ring (bicyclic) bond motifs is 1. The van der Waals surface area contributed by atoms with Crippen molar-refractivity contribution in [2.45, 2.75) is 63.6 Å². The molecular weight excluding hydrogens is 352 g/mol. The summed E-state index contributed by atoms with van der Waals surface area (Å²) in [6, 6.07) is 4.57. The fraction of sp³-hybridized carbons (Fsp3) is 0.667. The van der Waals surface area contributed by atoms with Gasteiger partial charge >= 0.3 is 0 Å². The van der Waals surface area contributed by atoms with Gasteiger partial charge in [0.25, 0.3) is 5.91 Å². The molecule has 2 fully saturated rings. The molecule has 1 unspecified atom stereocenters. The fourth-order valence-electron chi connectivity index (χ4n) is 5.30. The van der Waals surface area contributed by atoms with E-state index in [4.69, 9.17) is 0 Å². The molecule has 0 aromatic carbocycles. The van der Waals surface area contributed by atoms with E-state index in [2.05, 4.69) is 19.7 Å². The first kappa shape index (κ1) is 17.9. The highest BCUT2D eigenvalue weighted by Crippen LogP contribution is 2.30. The number of carbonyl (C=O) groups is 1. The van der Waals surface area contributed by atoms with Crippen LogP contribution in [0.25, 0.3) is 0 Å². The average Bonchev–Trinajstić information content (AvgIpc) is 3.47. The second-order valence-electron chi connectivity index (χ2n) is 8.63. The zero-order valence-electron chi connectivity index (χ0n) is 16.8. The number of amides is 1. The SMILES string of the molecule is Cn1cccc1C(=O)N1CCCC(c2nnc3n2CCN(C2CCCC2)C3)C1. The lowest BCUT2D eigenvalue weighted by Gasteiger charge is -2.35. The number of carbonyl (C=O) groups excluding carboxylic acids is 1. The van der Waals surface area contributed by atoms with Gasteiger partial charge in [-0.15, -0.1) is 10.2 Å². The highest BCUT2D eigenvalue weighted by molar-refractivity contribution is 5.92. The summed E-state index contributed by atoms with van der Waals surface area (Å²) in [5.41, 5.74) is 0.760. The molecule has 0 N–H and O–H groups in total. The van der Waals surface area contributed by atoms with Crippen LogP contribution >= 0.6 is 0 Å². The third-order valence-corrected chi connectivity index (χ3v) is 6.89. The summed E-state index contributed by atoms with van der Waals surface area (Å²) in [6.45, 7) is 4.58. The molecule has 1 atom stereocenters. The number of piperidine rings is 1. The predicted octanol–water partition coefficient (Wildman–Crippen LogP) is 2.39. The van der Waals surface area contributed by atoms with E-state index in [-0.39, 0.29) is 11.8 Å². The topological polar surface area (TPSA) is 59.2 Å². The van der Waals surface area contributed by atoms with Gasteiger partial charge in [0.05, 0.1) is 6.54 Å². The van der Waals surface area contributed by atoms with E-state index in [0.29, 0.717) is 0 Å². The summed E-state index contributed by atoms with van der Waals surface area (Å²) >= 11 is 0. The molecule has 2 aromatic rings. The Morgan fingerprint density at radius 2 is 1.93 bits per heavy atom. The highest BCUT2D eigenvalue weighted by Gasteiger charge is 2.33. The monoisotopic (exact) mass is 382 g/mol. The summed E-state index contributed by atoms with van der Waals surface area (Å²) < 4.78 is 4.25. The quantitative estimate of drug-likeness (QED) is 0.818. The van der Waals surface area contributed by atoms with Crippen LogP contribution in [-0.2, 0) is 20.1 Å². The van der Waals surface area contributed by atoms with Crippen molar-refractivity contribution in [1.29, 1.82) is 0 Å². The van der Waals surface area contributed by atoms with Crippen molar-refractivity contribution < 1.29 is 4.79 Å². The molecule has 4 heterocycles. The summed E-state index contributed by atoms with van der Waals surface area (Å²) in [5.74, 6) is 2.62. The van der Waals surface area contributed by atoms with Crippen molar-refractivity contribution in [2.75, 3.05) is 19.6 Å². The van der Waals surface area contributed by atoms with Crippen molar-refractivity contribution in [2.24, 2.45) is 7.05 Å². The first-order valence-corrected chi connectivity index (χ1v) is 10.8. The minimum Gasteiger partial charge on any atom is -0.347 e. The van der Waals surface area contributed by atoms with Crippen LogP contribution in [-0.4, -0.2) is 60.7 Å². The molecule has 7 heteroatoms. The Hall–Kier alpha value is -2.15. The van der Waals surface area contributed by atoms with E-state index in [9.17, 15) is 4.79 Å². The lowest BCUT2D eigenvalue weighted by Crippen LogP contribution is -2.42. The Morgan fingerprint density at radius 3 is 2.71 bits per heavy atom. The Kier molecular flexibility index (Phi) is 4.70. The van der Waals surface area contributed by atoms with Crippen molar-refractivity contribution in [3.63, 3.8) is 0 Å². The van der Waals surface area contributed by atoms with Crippen LogP contribution < -0.4 is 0 Å². The van der Waals surface area contributed by atoms with Crippen molar-refractivity contribution in [3.8, 4) is 0 Å². The molecule has 1 saturated heterocycles. The first-order valence-electron chi connectivity index (χ1n) is 10.8. The van der Waals surface area contributed by atoms with Gasteiger partial charge in [-0.05, 0) is 37.8 Å². The van der Waals surface area contributed by atoms with Crippen LogP contribution in [0.15, 0.2) is 18.3 Å². The Labute approximate surface area is 166 Å². The molecule has 150 valence electrons. The van der Waals surface area contributed by atoms with E-state index < -0.39 is 0 Å². The maximum absolute atomic E-state index is 12.9. The third kappa shape index (κ3) is 3.15. The van der Waals surface area contributed by atoms with Crippen LogP contribution in [0, 0.1) is 0 Å². The third-order valence-electron chi connectivity index (χ3n) is 6.89. The average molecular weight is 383 g/mol. The van der Waals surface area contributed by atoms with Gasteiger partial charge in [-0.3, -0.25) is 9.69 Å². The number of nitrogens with zero attached hydrogens (tertiary/aromatic N) is 6. The first-order chi connectivity index (χ1) is 13.7. The molecule has 3 aliphatic rings. The standard InChI is InChI=1S/C21H30N6O/c1-24-10-5-9-18(24)21(28)26-11-4-6-16(14-26)20-23-22-19-15-25(12-13-27(19)20)17-7-2-3-8-17/h5,9-10,16-17H,2-4,6-8,11-15H2,1H3. The fourth-order valence-corrected chi connectivity index (χ4v) is 5.30. The Morgan fingerprint density at radius 1 is 1.07 bits per heavy atom. The molecule has 2 aromatic heterocycles. The molecule has 7 nitrogen and oxygen atoms in total. The van der Waals surface area contributed by atoms with Crippen molar-refractivity contribution >= 4 is 5.91 Å². The van der Waals surface area contributed by atoms with Crippen LogP contribution in [0.5, 0.6) is 0 Å². The van der Waals surface area contributed by atoms with Gasteiger partial charge in [-0.25, -0.2) is 0 Å². The zero-order chi connectivity index (χ0) is 19.1. The molecule has 1 aliphatic carbocycles. The molecule has 2 aliphatic heterocycles. The minimum atomic E-state index is 0.128. The molecular formula is C21H30N6O. The molecule has 0 radical (unpaired) electrons. The largest absolute Gasteiger partial charge is 0.347 e. The lowest BCUT2D eigenvalue weighted by molar-refractivity contribution is 0.0692. The molecule has 5 rings (SSSR count). The van der Waals surface area contributed by atoms with Crippen LogP contribution in [0.2, 0.25) is 0 Å². The minimum absolute atomic E-state index is 0.128. The normalized spacial score (nSPS) is 23.9. The summed E-state index contributed by atoms with van der Waals surface area (Å²) in [5, 5.41) is 9.15. The molecule has 0 spiro atoms. The van der Waals surface area contributed by atoms with E-state index in [0.717, 1.165) is 69.0 Å². The number of aromatic nitrogens is 4. The Balaban J connectivity index is 1.30. The van der Waals surface area contributed by atoms with Gasteiger partial charge < -0.3 is 14.0 Å². The zero-order valence-corrected chi connectivity index (χ0v) is 16.8. The summed E-state index contributed by atoms with van der Waals surface area (Å²) in [6.07, 6.45) is 9.44. The van der Waals surface area contributed by atoms with Crippen molar-refractivity contribution in [1.82, 2.24) is 29.1 Å². The van der Waals surface area contributed by atoms with E-state index in [1.165, 1.54) is 25.7 Å². The van der Waals surface area contributed by atoms with E-state index in [1.54, 1.807) is 0 Å². The highest BCUT2D eigenvalue weighted by atomic mass is 16.2. The van der Waals surface area contributed by atoms with Crippen LogP contribution in [0.1, 0.15) is 66.6 Å². The lowest BCUT2D eigenvalue weighted by atomic mass is 9.96. The maximum Gasteiger partial charge on any atom is 0.270 e. The predicted molar refractivity (Wildman–Crippen MR) is 106 cm³/mol. The van der Waals surface area contributed by atoms with Gasteiger partial charge in [0.2, 0.25) is 0 Å². The number of aryl methyl sites for hydroxylation is 1. The molecule has 1 amide bonds. The van der Waals surface area contributed by atoms with Gasteiger partial charge in [0.1, 0.15) is 17.3 Å². The van der Waals surface area contributed by atoms with Crippen molar-refractivity contribution in [3.05, 3.63) is 35.7 Å². The second-order valence-corrected chi connectivity index (χ2v) is 8.63. The number of hydrogen-bond donors (Lipinski definition) is 0. The number of rotatable bonds is 3. The number of likely N-dealkylation sites (tertiary alicyclic amines) is 1. The van der Waals surface area contributed by atoms with Crippen LogP contribution in [0.3, 0.4) is 0 Å². The Bertz CT molecular complexity index is 849. The molecule has 28 heavy (non-hydrogen) atoms. The second kappa shape index (κ2) is 7.35. The van der Waals surface area contributed by atoms with E-state index >= 15 is 0 Å². The number of hydrogen-bond acceptors (Lipinski definition) is 4. The molecule has 0 bridgehead atoms. The smallest absolute Gasteiger partial charge is 0.270 e. The van der Waals surface area contributed by atoms with Gasteiger partial charge in [0.15, 0.2) is 0 Å². The van der Waals surface area contributed by atoms with Gasteiger partial charge in [-0.2, -0.15) is 0 Å².